The maximum Gasteiger partial charge on any atom is 0.416 e. The molecule has 2 amide bonds. The van der Waals surface area contributed by atoms with Crippen LogP contribution in [0.1, 0.15) is 45.5 Å². The summed E-state index contributed by atoms with van der Waals surface area (Å²) in [5, 5.41) is 2.59. The Balaban J connectivity index is 1.91. The van der Waals surface area contributed by atoms with Crippen molar-refractivity contribution in [2.45, 2.75) is 25.4 Å². The van der Waals surface area contributed by atoms with Crippen LogP contribution in [0.5, 0.6) is 0 Å². The second-order valence-corrected chi connectivity index (χ2v) is 6.67. The highest BCUT2D eigenvalue weighted by Gasteiger charge is 2.32. The Morgan fingerprint density at radius 2 is 1.54 bits per heavy atom. The van der Waals surface area contributed by atoms with Crippen molar-refractivity contribution in [3.05, 3.63) is 59.2 Å². The summed E-state index contributed by atoms with van der Waals surface area (Å²) in [5.74, 6) is -1.19. The molecule has 1 heterocycles. The summed E-state index contributed by atoms with van der Waals surface area (Å²) < 4.78 is 39.5. The molecule has 3 N–H and O–H groups in total. The molecule has 1 saturated heterocycles. The highest BCUT2D eigenvalue weighted by Crippen LogP contribution is 2.36. The highest BCUT2D eigenvalue weighted by molar-refractivity contribution is 6.06. The van der Waals surface area contributed by atoms with Crippen molar-refractivity contribution in [3.63, 3.8) is 0 Å². The number of carbonyl (C=O) groups is 2. The number of hydrogen-bond acceptors (Lipinski definition) is 3. The van der Waals surface area contributed by atoms with Crippen LogP contribution in [0.4, 0.5) is 24.5 Å². The predicted molar refractivity (Wildman–Crippen MR) is 100 cm³/mol. The molecule has 0 radical (unpaired) electrons. The minimum atomic E-state index is -4.51. The quantitative estimate of drug-likeness (QED) is 0.826. The van der Waals surface area contributed by atoms with Gasteiger partial charge in [0.1, 0.15) is 0 Å². The Morgan fingerprint density at radius 3 is 2.11 bits per heavy atom. The van der Waals surface area contributed by atoms with E-state index in [1.165, 1.54) is 30.3 Å². The molecule has 148 valence electrons. The number of rotatable bonds is 4. The van der Waals surface area contributed by atoms with Crippen LogP contribution in [0.15, 0.2) is 42.5 Å². The van der Waals surface area contributed by atoms with Gasteiger partial charge >= 0.3 is 6.18 Å². The lowest BCUT2D eigenvalue weighted by atomic mass is 10.1. The minimum absolute atomic E-state index is 0.112. The molecule has 3 rings (SSSR count). The third-order valence-electron chi connectivity index (χ3n) is 4.70. The molecule has 2 aromatic carbocycles. The van der Waals surface area contributed by atoms with Crippen molar-refractivity contribution in [2.75, 3.05) is 23.3 Å². The standard InChI is InChI=1S/C20H20F3N3O2/c21-20(22,23)15-8-9-17(26-10-2-1-3-11-26)16(12-15)25-19(28)14-6-4-13(5-7-14)18(24)27/h4-9,12H,1-3,10-11H2,(H2,24,27)(H,25,28). The first-order valence-corrected chi connectivity index (χ1v) is 8.93. The number of amides is 2. The highest BCUT2D eigenvalue weighted by atomic mass is 19.4. The monoisotopic (exact) mass is 391 g/mol. The van der Waals surface area contributed by atoms with Gasteiger partial charge in [-0.1, -0.05) is 0 Å². The van der Waals surface area contributed by atoms with Gasteiger partial charge in [-0.15, -0.1) is 0 Å². The van der Waals surface area contributed by atoms with Crippen molar-refractivity contribution in [1.29, 1.82) is 0 Å². The fourth-order valence-corrected chi connectivity index (χ4v) is 3.20. The largest absolute Gasteiger partial charge is 0.416 e. The van der Waals surface area contributed by atoms with E-state index in [0.717, 1.165) is 44.5 Å². The molecule has 1 aliphatic heterocycles. The van der Waals surface area contributed by atoms with Crippen LogP contribution in [0, 0.1) is 0 Å². The van der Waals surface area contributed by atoms with Gasteiger partial charge in [-0.3, -0.25) is 9.59 Å². The van der Waals surface area contributed by atoms with E-state index in [9.17, 15) is 22.8 Å². The van der Waals surface area contributed by atoms with Crippen LogP contribution in [0.2, 0.25) is 0 Å². The zero-order chi connectivity index (χ0) is 20.3. The number of nitrogens with two attached hydrogens (primary N) is 1. The number of piperidine rings is 1. The van der Waals surface area contributed by atoms with Gasteiger partial charge in [0.05, 0.1) is 16.9 Å². The van der Waals surface area contributed by atoms with Gasteiger partial charge in [-0.05, 0) is 61.7 Å². The number of alkyl halides is 3. The Labute approximate surface area is 160 Å². The third-order valence-corrected chi connectivity index (χ3v) is 4.70. The van der Waals surface area contributed by atoms with Gasteiger partial charge in [0, 0.05) is 24.2 Å². The first kappa shape index (κ1) is 19.7. The maximum absolute atomic E-state index is 13.2. The number of hydrogen-bond donors (Lipinski definition) is 2. The third kappa shape index (κ3) is 4.44. The Morgan fingerprint density at radius 1 is 0.929 bits per heavy atom. The van der Waals surface area contributed by atoms with Crippen molar-refractivity contribution in [1.82, 2.24) is 0 Å². The molecular weight excluding hydrogens is 371 g/mol. The summed E-state index contributed by atoms with van der Waals surface area (Å²) in [7, 11) is 0. The molecular formula is C20H20F3N3O2. The second-order valence-electron chi connectivity index (χ2n) is 6.67. The fourth-order valence-electron chi connectivity index (χ4n) is 3.20. The van der Waals surface area contributed by atoms with Crippen molar-refractivity contribution in [3.8, 4) is 0 Å². The van der Waals surface area contributed by atoms with E-state index in [0.29, 0.717) is 5.69 Å². The summed E-state index contributed by atoms with van der Waals surface area (Å²) in [4.78, 5) is 25.7. The number of nitrogens with zero attached hydrogens (tertiary/aromatic N) is 1. The lowest BCUT2D eigenvalue weighted by Gasteiger charge is -2.31. The average Bonchev–Trinajstić information content (AvgIpc) is 2.68. The minimum Gasteiger partial charge on any atom is -0.370 e. The number of primary amides is 1. The smallest absolute Gasteiger partial charge is 0.370 e. The van der Waals surface area contributed by atoms with E-state index in [4.69, 9.17) is 5.73 Å². The molecule has 0 bridgehead atoms. The Hall–Kier alpha value is -3.03. The molecule has 8 heteroatoms. The molecule has 1 fully saturated rings. The second kappa shape index (κ2) is 7.92. The van der Waals surface area contributed by atoms with E-state index in [1.807, 2.05) is 4.90 Å². The van der Waals surface area contributed by atoms with Crippen molar-refractivity contribution >= 4 is 23.2 Å². The molecule has 0 aromatic heterocycles. The van der Waals surface area contributed by atoms with Crippen LogP contribution in [0.25, 0.3) is 0 Å². The number of benzene rings is 2. The van der Waals surface area contributed by atoms with E-state index in [2.05, 4.69) is 5.32 Å². The van der Waals surface area contributed by atoms with Crippen LogP contribution < -0.4 is 16.0 Å². The predicted octanol–water partition coefficient (Wildman–Crippen LogP) is 4.05. The SMILES string of the molecule is NC(=O)c1ccc(C(=O)Nc2cc(C(F)(F)F)ccc2N2CCCCC2)cc1. The maximum atomic E-state index is 13.2. The fraction of sp³-hybridized carbons (Fsp3) is 0.300. The van der Waals surface area contributed by atoms with Gasteiger partial charge in [0.2, 0.25) is 5.91 Å². The molecule has 1 aliphatic rings. The van der Waals surface area contributed by atoms with Gasteiger partial charge in [-0.2, -0.15) is 13.2 Å². The van der Waals surface area contributed by atoms with Crippen LogP contribution in [-0.4, -0.2) is 24.9 Å². The number of nitrogens with one attached hydrogen (secondary N) is 1. The van der Waals surface area contributed by atoms with E-state index in [-0.39, 0.29) is 16.8 Å². The molecule has 0 atom stereocenters. The molecule has 0 spiro atoms. The van der Waals surface area contributed by atoms with Gasteiger partial charge in [0.25, 0.3) is 5.91 Å². The number of halogens is 3. The first-order chi connectivity index (χ1) is 13.3. The number of anilines is 2. The summed E-state index contributed by atoms with van der Waals surface area (Å²) in [6.45, 7) is 1.45. The molecule has 2 aromatic rings. The average molecular weight is 391 g/mol. The van der Waals surface area contributed by atoms with Crippen molar-refractivity contribution < 1.29 is 22.8 Å². The summed E-state index contributed by atoms with van der Waals surface area (Å²) in [5.41, 5.74) is 5.48. The zero-order valence-corrected chi connectivity index (χ0v) is 15.1. The molecule has 28 heavy (non-hydrogen) atoms. The van der Waals surface area contributed by atoms with Crippen LogP contribution >= 0.6 is 0 Å². The number of carbonyl (C=O) groups excluding carboxylic acids is 2. The Kier molecular flexibility index (Phi) is 5.58. The normalized spacial score (nSPS) is 14.6. The lowest BCUT2D eigenvalue weighted by molar-refractivity contribution is -0.137. The zero-order valence-electron chi connectivity index (χ0n) is 15.1. The molecule has 0 unspecified atom stereocenters. The van der Waals surface area contributed by atoms with Gasteiger partial charge < -0.3 is 16.0 Å². The Bertz CT molecular complexity index is 873. The van der Waals surface area contributed by atoms with Gasteiger partial charge in [0.15, 0.2) is 0 Å². The molecule has 0 saturated carbocycles. The van der Waals surface area contributed by atoms with Crippen LogP contribution in [-0.2, 0) is 6.18 Å². The first-order valence-electron chi connectivity index (χ1n) is 8.93. The van der Waals surface area contributed by atoms with E-state index < -0.39 is 23.6 Å². The van der Waals surface area contributed by atoms with E-state index in [1.54, 1.807) is 0 Å². The topological polar surface area (TPSA) is 75.4 Å². The summed E-state index contributed by atoms with van der Waals surface area (Å²) in [6.07, 6.45) is -1.54. The van der Waals surface area contributed by atoms with Crippen LogP contribution in [0.3, 0.4) is 0 Å². The summed E-state index contributed by atoms with van der Waals surface area (Å²) in [6, 6.07) is 9.00. The summed E-state index contributed by atoms with van der Waals surface area (Å²) >= 11 is 0. The molecule has 0 aliphatic carbocycles. The van der Waals surface area contributed by atoms with Crippen molar-refractivity contribution in [2.24, 2.45) is 5.73 Å². The lowest BCUT2D eigenvalue weighted by Crippen LogP contribution is -2.30. The molecule has 5 nitrogen and oxygen atoms in total. The van der Waals surface area contributed by atoms with Gasteiger partial charge in [-0.25, -0.2) is 0 Å². The van der Waals surface area contributed by atoms with E-state index >= 15 is 0 Å².